The van der Waals surface area contributed by atoms with Gasteiger partial charge < -0.3 is 0 Å². The Balaban J connectivity index is 1.66. The van der Waals surface area contributed by atoms with Crippen molar-refractivity contribution >= 4 is 34.1 Å². The number of hydrogen-bond donors (Lipinski definition) is 1. The van der Waals surface area contributed by atoms with E-state index in [1.165, 1.54) is 23.1 Å². The summed E-state index contributed by atoms with van der Waals surface area (Å²) in [4.78, 5) is 13.4. The summed E-state index contributed by atoms with van der Waals surface area (Å²) in [5.41, 5.74) is 2.18. The lowest BCUT2D eigenvalue weighted by Gasteiger charge is -2.09. The van der Waals surface area contributed by atoms with Crippen molar-refractivity contribution in [3.05, 3.63) is 60.2 Å². The van der Waals surface area contributed by atoms with Gasteiger partial charge in [0.15, 0.2) is 0 Å². The van der Waals surface area contributed by atoms with Gasteiger partial charge >= 0.3 is 0 Å². The zero-order valence-corrected chi connectivity index (χ0v) is 15.0. The van der Waals surface area contributed by atoms with E-state index in [2.05, 4.69) is 15.5 Å². The largest absolute Gasteiger partial charge is 0.300 e. The van der Waals surface area contributed by atoms with Gasteiger partial charge in [-0.1, -0.05) is 53.8 Å². The molecule has 0 saturated heterocycles. The molecular formula is C18H17N3OS2. The van der Waals surface area contributed by atoms with E-state index in [-0.39, 0.29) is 11.2 Å². The van der Waals surface area contributed by atoms with Crippen LogP contribution in [-0.2, 0) is 4.79 Å². The Morgan fingerprint density at radius 2 is 1.79 bits per heavy atom. The van der Waals surface area contributed by atoms with Gasteiger partial charge in [0, 0.05) is 10.5 Å². The van der Waals surface area contributed by atoms with Crippen LogP contribution in [0.1, 0.15) is 12.5 Å². The van der Waals surface area contributed by atoms with E-state index in [4.69, 9.17) is 0 Å². The standard InChI is InChI=1S/C18H17N3OS2/c1-12-8-6-7-11-15(12)17-20-21-18(24-17)19-16(22)13(2)23-14-9-4-3-5-10-14/h3-11,13H,1-2H3,(H,19,21,22)/t13-/m1/s1. The number of anilines is 1. The molecule has 1 heterocycles. The van der Waals surface area contributed by atoms with E-state index in [1.807, 2.05) is 68.4 Å². The van der Waals surface area contributed by atoms with Gasteiger partial charge in [-0.2, -0.15) is 0 Å². The average Bonchev–Trinajstić information content (AvgIpc) is 3.04. The third-order valence-corrected chi connectivity index (χ3v) is 5.44. The average molecular weight is 355 g/mol. The number of nitrogens with one attached hydrogen (secondary N) is 1. The van der Waals surface area contributed by atoms with Crippen LogP contribution in [0.4, 0.5) is 5.13 Å². The van der Waals surface area contributed by atoms with E-state index >= 15 is 0 Å². The first kappa shape index (κ1) is 16.7. The van der Waals surface area contributed by atoms with Crippen molar-refractivity contribution in [2.45, 2.75) is 24.0 Å². The molecule has 0 spiro atoms. The lowest BCUT2D eigenvalue weighted by molar-refractivity contribution is -0.115. The quantitative estimate of drug-likeness (QED) is 0.678. The number of nitrogens with zero attached hydrogens (tertiary/aromatic N) is 2. The third kappa shape index (κ3) is 4.01. The highest BCUT2D eigenvalue weighted by atomic mass is 32.2. The Morgan fingerprint density at radius 1 is 1.08 bits per heavy atom. The molecule has 0 aliphatic carbocycles. The number of thioether (sulfide) groups is 1. The molecule has 0 aliphatic heterocycles. The third-order valence-electron chi connectivity index (χ3n) is 3.46. The molecule has 1 atom stereocenters. The van der Waals surface area contributed by atoms with E-state index in [0.717, 1.165) is 21.0 Å². The van der Waals surface area contributed by atoms with Crippen LogP contribution in [-0.4, -0.2) is 21.4 Å². The molecule has 3 aromatic rings. The monoisotopic (exact) mass is 355 g/mol. The molecule has 4 nitrogen and oxygen atoms in total. The number of carbonyl (C=O) groups excluding carboxylic acids is 1. The SMILES string of the molecule is Cc1ccccc1-c1nnc(NC(=O)[C@@H](C)Sc2ccccc2)s1. The highest BCUT2D eigenvalue weighted by Gasteiger charge is 2.17. The molecule has 2 aromatic carbocycles. The first-order valence-electron chi connectivity index (χ1n) is 7.55. The fourth-order valence-electron chi connectivity index (χ4n) is 2.16. The van der Waals surface area contributed by atoms with Gasteiger partial charge in [-0.3, -0.25) is 10.1 Å². The summed E-state index contributed by atoms with van der Waals surface area (Å²) in [6, 6.07) is 17.9. The molecule has 1 N–H and O–H groups in total. The van der Waals surface area contributed by atoms with E-state index in [1.54, 1.807) is 0 Å². The fourth-order valence-corrected chi connectivity index (χ4v) is 3.88. The number of rotatable bonds is 5. The molecule has 1 aromatic heterocycles. The van der Waals surface area contributed by atoms with Crippen molar-refractivity contribution in [2.24, 2.45) is 0 Å². The van der Waals surface area contributed by atoms with Crippen molar-refractivity contribution < 1.29 is 4.79 Å². The van der Waals surface area contributed by atoms with Crippen LogP contribution < -0.4 is 5.32 Å². The Morgan fingerprint density at radius 3 is 2.54 bits per heavy atom. The smallest absolute Gasteiger partial charge is 0.239 e. The lowest BCUT2D eigenvalue weighted by Crippen LogP contribution is -2.22. The van der Waals surface area contributed by atoms with Crippen molar-refractivity contribution in [3.63, 3.8) is 0 Å². The second kappa shape index (κ2) is 7.59. The second-order valence-corrected chi connectivity index (χ2v) is 7.68. The predicted octanol–water partition coefficient (Wildman–Crippen LogP) is 4.63. The minimum absolute atomic E-state index is 0.0728. The topological polar surface area (TPSA) is 54.9 Å². The molecule has 0 saturated carbocycles. The fraction of sp³-hybridized carbons (Fsp3) is 0.167. The van der Waals surface area contributed by atoms with Gasteiger partial charge in [0.25, 0.3) is 0 Å². The molecule has 122 valence electrons. The summed E-state index contributed by atoms with van der Waals surface area (Å²) >= 11 is 2.91. The Kier molecular flexibility index (Phi) is 5.27. The van der Waals surface area contributed by atoms with E-state index in [0.29, 0.717) is 5.13 Å². The number of aryl methyl sites for hydroxylation is 1. The maximum Gasteiger partial charge on any atom is 0.239 e. The molecule has 0 fully saturated rings. The Hall–Kier alpha value is -2.18. The Bertz CT molecular complexity index is 833. The normalized spacial score (nSPS) is 11.9. The summed E-state index contributed by atoms with van der Waals surface area (Å²) in [7, 11) is 0. The summed E-state index contributed by atoms with van der Waals surface area (Å²) in [5, 5.41) is 12.3. The maximum atomic E-state index is 12.3. The molecule has 1 amide bonds. The van der Waals surface area contributed by atoms with Crippen molar-refractivity contribution in [2.75, 3.05) is 5.32 Å². The van der Waals surface area contributed by atoms with Crippen LogP contribution in [0.15, 0.2) is 59.5 Å². The van der Waals surface area contributed by atoms with Crippen LogP contribution >= 0.6 is 23.1 Å². The van der Waals surface area contributed by atoms with Crippen LogP contribution in [0.5, 0.6) is 0 Å². The van der Waals surface area contributed by atoms with Crippen LogP contribution in [0.3, 0.4) is 0 Å². The summed E-state index contributed by atoms with van der Waals surface area (Å²) < 4.78 is 0. The van der Waals surface area contributed by atoms with Gasteiger partial charge in [-0.05, 0) is 31.5 Å². The zero-order valence-electron chi connectivity index (χ0n) is 13.4. The molecule has 0 unspecified atom stereocenters. The highest BCUT2D eigenvalue weighted by Crippen LogP contribution is 2.29. The maximum absolute atomic E-state index is 12.3. The number of benzene rings is 2. The Labute approximate surface area is 149 Å². The van der Waals surface area contributed by atoms with Crippen LogP contribution in [0, 0.1) is 6.92 Å². The molecule has 0 bridgehead atoms. The van der Waals surface area contributed by atoms with Gasteiger partial charge in [0.2, 0.25) is 11.0 Å². The van der Waals surface area contributed by atoms with E-state index < -0.39 is 0 Å². The minimum atomic E-state index is -0.210. The molecule has 3 rings (SSSR count). The van der Waals surface area contributed by atoms with Gasteiger partial charge in [-0.15, -0.1) is 22.0 Å². The predicted molar refractivity (Wildman–Crippen MR) is 100 cm³/mol. The summed E-state index contributed by atoms with van der Waals surface area (Å²) in [6.07, 6.45) is 0. The second-order valence-electron chi connectivity index (χ2n) is 5.29. The molecular weight excluding hydrogens is 338 g/mol. The summed E-state index contributed by atoms with van der Waals surface area (Å²) in [5.74, 6) is -0.0728. The molecule has 0 radical (unpaired) electrons. The first-order valence-corrected chi connectivity index (χ1v) is 9.25. The van der Waals surface area contributed by atoms with Crippen molar-refractivity contribution in [1.82, 2.24) is 10.2 Å². The minimum Gasteiger partial charge on any atom is -0.300 e. The van der Waals surface area contributed by atoms with Crippen LogP contribution in [0.2, 0.25) is 0 Å². The molecule has 0 aliphatic rings. The number of carbonyl (C=O) groups is 1. The van der Waals surface area contributed by atoms with Crippen molar-refractivity contribution in [1.29, 1.82) is 0 Å². The number of hydrogen-bond acceptors (Lipinski definition) is 5. The zero-order chi connectivity index (χ0) is 16.9. The molecule has 6 heteroatoms. The number of aromatic nitrogens is 2. The number of amides is 1. The van der Waals surface area contributed by atoms with Gasteiger partial charge in [-0.25, -0.2) is 0 Å². The van der Waals surface area contributed by atoms with Gasteiger partial charge in [0.1, 0.15) is 5.01 Å². The summed E-state index contributed by atoms with van der Waals surface area (Å²) in [6.45, 7) is 3.92. The first-order chi connectivity index (χ1) is 11.6. The van der Waals surface area contributed by atoms with E-state index in [9.17, 15) is 4.79 Å². The highest BCUT2D eigenvalue weighted by molar-refractivity contribution is 8.00. The van der Waals surface area contributed by atoms with Crippen LogP contribution in [0.25, 0.3) is 10.6 Å². The molecule has 24 heavy (non-hydrogen) atoms. The van der Waals surface area contributed by atoms with Gasteiger partial charge in [0.05, 0.1) is 5.25 Å². The van der Waals surface area contributed by atoms with Crippen molar-refractivity contribution in [3.8, 4) is 10.6 Å². The lowest BCUT2D eigenvalue weighted by atomic mass is 10.1.